The van der Waals surface area contributed by atoms with Gasteiger partial charge in [-0.3, -0.25) is 0 Å². The molecule has 0 rings (SSSR count). The summed E-state index contributed by atoms with van der Waals surface area (Å²) in [6.07, 6.45) is 0. The zero-order chi connectivity index (χ0) is 7.15. The molecule has 0 fully saturated rings. The van der Waals surface area contributed by atoms with Crippen molar-refractivity contribution in [2.24, 2.45) is 0 Å². The van der Waals surface area contributed by atoms with Crippen molar-refractivity contribution in [3.63, 3.8) is 0 Å². The first-order valence-corrected chi connectivity index (χ1v) is 2.68. The Morgan fingerprint density at radius 2 is 0.600 bits per heavy atom. The van der Waals surface area contributed by atoms with E-state index in [1.165, 1.54) is 0 Å². The van der Waals surface area contributed by atoms with Crippen LogP contribution >= 0.6 is 0 Å². The second-order valence-electron chi connectivity index (χ2n) is 2.68. The van der Waals surface area contributed by atoms with Crippen LogP contribution in [0.3, 0.4) is 0 Å². The van der Waals surface area contributed by atoms with Crippen molar-refractivity contribution in [2.45, 2.75) is 0 Å². The van der Waals surface area contributed by atoms with E-state index in [-0.39, 0.29) is 25.0 Å². The first-order chi connectivity index (χ1) is 3.46. The molecule has 0 bridgehead atoms. The molecule has 0 aromatic rings. The Hall–Kier alpha value is 0.477. The van der Waals surface area contributed by atoms with Gasteiger partial charge in [-0.2, -0.15) is 0 Å². The van der Waals surface area contributed by atoms with E-state index in [2.05, 4.69) is 0 Å². The molecule has 0 heterocycles. The van der Waals surface area contributed by atoms with Crippen LogP contribution in [0.1, 0.15) is 0 Å². The molecular weight excluding hydrogens is 121 g/mol. The molecule has 0 aliphatic heterocycles. The minimum Gasteiger partial charge on any atom is -0.693 e. The smallest absolute Gasteiger partial charge is 0.693 e. The average molecular weight is 141 g/mol. The van der Waals surface area contributed by atoms with Gasteiger partial charge in [-0.25, -0.2) is 0 Å². The molecule has 0 aliphatic carbocycles. The Kier molecular flexibility index (Phi) is 36.4. The third-order valence-corrected chi connectivity index (χ3v) is 0. The number of rotatable bonds is 0. The van der Waals surface area contributed by atoms with Crippen LogP contribution in [-0.2, 0) is 0 Å². The van der Waals surface area contributed by atoms with Gasteiger partial charge < -0.3 is 16.0 Å². The molecule has 0 saturated heterocycles. The van der Waals surface area contributed by atoms with Crippen molar-refractivity contribution >= 4 is 0 Å². The fraction of sp³-hybridized carbons (Fsp3) is 1.00. The molecule has 60 valence electrons. The van der Waals surface area contributed by atoms with Crippen molar-refractivity contribution in [3.8, 4) is 0 Å². The SMILES string of the molecule is CN(C)C.CN(C)C.[Li+].[NH2-]. The van der Waals surface area contributed by atoms with Gasteiger partial charge in [0.2, 0.25) is 0 Å². The van der Waals surface area contributed by atoms with E-state index in [0.717, 1.165) is 0 Å². The molecule has 10 heavy (non-hydrogen) atoms. The van der Waals surface area contributed by atoms with E-state index in [4.69, 9.17) is 0 Å². The Bertz CT molecular complexity index is 28.5. The molecule has 0 atom stereocenters. The maximum Gasteiger partial charge on any atom is 1.00 e. The van der Waals surface area contributed by atoms with Gasteiger partial charge in [0.1, 0.15) is 0 Å². The van der Waals surface area contributed by atoms with E-state index in [9.17, 15) is 0 Å². The Labute approximate surface area is 77.5 Å². The summed E-state index contributed by atoms with van der Waals surface area (Å²) in [6, 6.07) is 0. The van der Waals surface area contributed by atoms with Gasteiger partial charge in [0.15, 0.2) is 0 Å². The zero-order valence-corrected chi connectivity index (χ0v) is 8.47. The quantitative estimate of drug-likeness (QED) is 0.369. The molecule has 0 unspecified atom stereocenters. The summed E-state index contributed by atoms with van der Waals surface area (Å²) in [7, 11) is 12.0. The maximum absolute atomic E-state index is 2.00. The Morgan fingerprint density at radius 3 is 0.600 bits per heavy atom. The number of nitrogens with two attached hydrogens (primary N) is 1. The largest absolute Gasteiger partial charge is 1.00 e. The van der Waals surface area contributed by atoms with Crippen LogP contribution in [0.25, 0.3) is 6.15 Å². The molecule has 3 nitrogen and oxygen atoms in total. The summed E-state index contributed by atoms with van der Waals surface area (Å²) >= 11 is 0. The van der Waals surface area contributed by atoms with E-state index in [1.807, 2.05) is 52.1 Å². The van der Waals surface area contributed by atoms with Crippen LogP contribution in [-0.4, -0.2) is 52.1 Å². The zero-order valence-electron chi connectivity index (χ0n) is 8.47. The molecule has 2 N–H and O–H groups in total. The third-order valence-electron chi connectivity index (χ3n) is 0. The molecule has 0 aromatic heterocycles. The van der Waals surface area contributed by atoms with Gasteiger partial charge in [0.05, 0.1) is 0 Å². The van der Waals surface area contributed by atoms with Crippen molar-refractivity contribution in [3.05, 3.63) is 6.15 Å². The van der Waals surface area contributed by atoms with Crippen molar-refractivity contribution in [1.82, 2.24) is 9.80 Å². The number of hydrogen-bond acceptors (Lipinski definition) is 2. The van der Waals surface area contributed by atoms with Crippen LogP contribution in [0.15, 0.2) is 0 Å². The van der Waals surface area contributed by atoms with Gasteiger partial charge in [-0.15, -0.1) is 0 Å². The summed E-state index contributed by atoms with van der Waals surface area (Å²) in [5, 5.41) is 0. The van der Waals surface area contributed by atoms with E-state index in [1.54, 1.807) is 0 Å². The minimum atomic E-state index is 0. The van der Waals surface area contributed by atoms with Gasteiger partial charge >= 0.3 is 18.9 Å². The topological polar surface area (TPSA) is 40.0 Å². The van der Waals surface area contributed by atoms with Gasteiger partial charge in [0.25, 0.3) is 0 Å². The molecule has 4 heteroatoms. The van der Waals surface area contributed by atoms with E-state index in [0.29, 0.717) is 0 Å². The fourth-order valence-corrected chi connectivity index (χ4v) is 0. The normalized spacial score (nSPS) is 7.20. The summed E-state index contributed by atoms with van der Waals surface area (Å²) in [5.74, 6) is 0. The summed E-state index contributed by atoms with van der Waals surface area (Å²) in [5.41, 5.74) is 0. The summed E-state index contributed by atoms with van der Waals surface area (Å²) < 4.78 is 0. The van der Waals surface area contributed by atoms with E-state index >= 15 is 0 Å². The Morgan fingerprint density at radius 1 is 0.600 bits per heavy atom. The molecular formula is C6H20LiN3. The van der Waals surface area contributed by atoms with Crippen molar-refractivity contribution in [1.29, 1.82) is 0 Å². The van der Waals surface area contributed by atoms with Crippen molar-refractivity contribution < 1.29 is 18.9 Å². The van der Waals surface area contributed by atoms with Crippen LogP contribution in [0, 0.1) is 0 Å². The fourth-order valence-electron chi connectivity index (χ4n) is 0. The van der Waals surface area contributed by atoms with Crippen LogP contribution < -0.4 is 18.9 Å². The molecule has 0 aromatic carbocycles. The Balaban J connectivity index is -0.0000000300. The molecule has 0 amide bonds. The predicted molar refractivity (Wildman–Crippen MR) is 44.5 cm³/mol. The molecule has 0 aliphatic rings. The predicted octanol–water partition coefficient (Wildman–Crippen LogP) is -1.92. The molecule has 0 radical (unpaired) electrons. The van der Waals surface area contributed by atoms with Gasteiger partial charge in [-0.05, 0) is 42.3 Å². The second kappa shape index (κ2) is 16.2. The monoisotopic (exact) mass is 141 g/mol. The second-order valence-corrected chi connectivity index (χ2v) is 2.68. The van der Waals surface area contributed by atoms with Crippen molar-refractivity contribution in [2.75, 3.05) is 42.3 Å². The summed E-state index contributed by atoms with van der Waals surface area (Å²) in [6.45, 7) is 0. The van der Waals surface area contributed by atoms with Gasteiger partial charge in [0, 0.05) is 0 Å². The van der Waals surface area contributed by atoms with Gasteiger partial charge in [-0.1, -0.05) is 0 Å². The number of nitrogens with zero attached hydrogens (tertiary/aromatic N) is 2. The van der Waals surface area contributed by atoms with Crippen LogP contribution in [0.5, 0.6) is 0 Å². The van der Waals surface area contributed by atoms with E-state index < -0.39 is 0 Å². The minimum absolute atomic E-state index is 0. The average Bonchev–Trinajstić information content (AvgIpc) is 1.25. The number of hydrogen-bond donors (Lipinski definition) is 0. The summed E-state index contributed by atoms with van der Waals surface area (Å²) in [4.78, 5) is 4.00. The first kappa shape index (κ1) is 22.4. The first-order valence-electron chi connectivity index (χ1n) is 2.68. The standard InChI is InChI=1S/2C3H9N.Li.H2N/c2*1-4(2)3;;/h2*1-3H3;;1H2/q;;+1;-1. The van der Waals surface area contributed by atoms with Crippen LogP contribution in [0.2, 0.25) is 0 Å². The molecule has 0 spiro atoms. The van der Waals surface area contributed by atoms with Crippen LogP contribution in [0.4, 0.5) is 0 Å². The third kappa shape index (κ3) is 2080. The maximum atomic E-state index is 2.00. The molecule has 0 saturated carbocycles.